The number of hydrogen-bond acceptors (Lipinski definition) is 2. The van der Waals surface area contributed by atoms with Gasteiger partial charge < -0.3 is 9.73 Å². The Morgan fingerprint density at radius 1 is 1.69 bits per heavy atom. The molecule has 2 nitrogen and oxygen atoms in total. The van der Waals surface area contributed by atoms with Gasteiger partial charge >= 0.3 is 0 Å². The maximum absolute atomic E-state index is 5.30. The minimum Gasteiger partial charge on any atom is -0.468 e. The highest BCUT2D eigenvalue weighted by atomic mass is 16.3. The second kappa shape index (κ2) is 4.87. The number of hydrogen-bond donors (Lipinski definition) is 1. The first kappa shape index (κ1) is 10.1. The zero-order chi connectivity index (χ0) is 9.68. The normalized spacial score (nSPS) is 12.8. The summed E-state index contributed by atoms with van der Waals surface area (Å²) in [6.45, 7) is 8.69. The summed E-state index contributed by atoms with van der Waals surface area (Å²) in [5, 5.41) is 3.36. The molecule has 13 heavy (non-hydrogen) atoms. The van der Waals surface area contributed by atoms with E-state index in [1.54, 1.807) is 6.26 Å². The van der Waals surface area contributed by atoms with E-state index in [9.17, 15) is 0 Å². The van der Waals surface area contributed by atoms with Crippen molar-refractivity contribution in [3.63, 3.8) is 0 Å². The highest BCUT2D eigenvalue weighted by Crippen LogP contribution is 2.08. The zero-order valence-corrected chi connectivity index (χ0v) is 8.34. The lowest BCUT2D eigenvalue weighted by molar-refractivity contribution is 0.453. The van der Waals surface area contributed by atoms with E-state index < -0.39 is 0 Å². The van der Waals surface area contributed by atoms with E-state index in [1.165, 1.54) is 5.56 Å². The molecule has 0 saturated heterocycles. The number of furan rings is 1. The van der Waals surface area contributed by atoms with Crippen LogP contribution in [-0.4, -0.2) is 6.04 Å². The fraction of sp³-hybridized carbons (Fsp3) is 0.455. The van der Waals surface area contributed by atoms with Crippen molar-refractivity contribution in [1.29, 1.82) is 0 Å². The van der Waals surface area contributed by atoms with Crippen LogP contribution in [0.3, 0.4) is 0 Å². The van der Waals surface area contributed by atoms with Crippen molar-refractivity contribution in [2.45, 2.75) is 32.9 Å². The van der Waals surface area contributed by atoms with E-state index in [0.717, 1.165) is 18.7 Å². The minimum absolute atomic E-state index is 0.460. The first-order valence-corrected chi connectivity index (χ1v) is 4.61. The average molecular weight is 179 g/mol. The van der Waals surface area contributed by atoms with Crippen LogP contribution in [0.1, 0.15) is 24.7 Å². The summed E-state index contributed by atoms with van der Waals surface area (Å²) >= 11 is 0. The molecular formula is C11H17NO. The third kappa shape index (κ3) is 3.07. The second-order valence-corrected chi connectivity index (χ2v) is 3.33. The molecule has 1 unspecified atom stereocenters. The predicted octanol–water partition coefficient (Wildman–Crippen LogP) is 2.64. The maximum Gasteiger partial charge on any atom is 0.120 e. The maximum atomic E-state index is 5.30. The van der Waals surface area contributed by atoms with Crippen LogP contribution in [0.15, 0.2) is 29.4 Å². The summed E-state index contributed by atoms with van der Waals surface area (Å²) in [4.78, 5) is 0. The molecule has 0 aliphatic rings. The van der Waals surface area contributed by atoms with Gasteiger partial charge in [0.05, 0.1) is 12.8 Å². The van der Waals surface area contributed by atoms with Gasteiger partial charge in [-0.05, 0) is 31.9 Å². The molecule has 2 heteroatoms. The van der Waals surface area contributed by atoms with Gasteiger partial charge in [-0.25, -0.2) is 0 Å². The lowest BCUT2D eigenvalue weighted by atomic mass is 10.2. The van der Waals surface area contributed by atoms with Crippen LogP contribution in [0, 0.1) is 6.92 Å². The van der Waals surface area contributed by atoms with Crippen LogP contribution >= 0.6 is 0 Å². The summed E-state index contributed by atoms with van der Waals surface area (Å²) in [7, 11) is 0. The molecule has 1 atom stereocenters. The van der Waals surface area contributed by atoms with Crippen LogP contribution in [0.2, 0.25) is 0 Å². The van der Waals surface area contributed by atoms with Crippen LogP contribution in [0.25, 0.3) is 0 Å². The highest BCUT2D eigenvalue weighted by molar-refractivity contribution is 5.14. The predicted molar refractivity (Wildman–Crippen MR) is 54.6 cm³/mol. The van der Waals surface area contributed by atoms with Gasteiger partial charge in [-0.15, -0.1) is 6.58 Å². The van der Waals surface area contributed by atoms with Gasteiger partial charge in [0, 0.05) is 6.04 Å². The molecule has 0 amide bonds. The van der Waals surface area contributed by atoms with Crippen molar-refractivity contribution >= 4 is 0 Å². The van der Waals surface area contributed by atoms with Crippen LogP contribution < -0.4 is 5.32 Å². The second-order valence-electron chi connectivity index (χ2n) is 3.33. The first-order chi connectivity index (χ1) is 6.24. The molecule has 72 valence electrons. The van der Waals surface area contributed by atoms with Crippen molar-refractivity contribution in [2.75, 3.05) is 0 Å². The van der Waals surface area contributed by atoms with E-state index in [4.69, 9.17) is 4.42 Å². The molecular weight excluding hydrogens is 162 g/mol. The van der Waals surface area contributed by atoms with Crippen LogP contribution in [0.5, 0.6) is 0 Å². The standard InChI is InChI=1S/C11H17NO/c1-4-5-10(3)12-8-11-9(2)6-7-13-11/h4,6-7,10,12H,1,5,8H2,2-3H3. The van der Waals surface area contributed by atoms with E-state index >= 15 is 0 Å². The van der Waals surface area contributed by atoms with E-state index in [1.807, 2.05) is 12.1 Å². The molecule has 1 heterocycles. The van der Waals surface area contributed by atoms with Crippen molar-refractivity contribution < 1.29 is 4.42 Å². The summed E-state index contributed by atoms with van der Waals surface area (Å²) in [6, 6.07) is 2.44. The average Bonchev–Trinajstić information content (AvgIpc) is 2.48. The van der Waals surface area contributed by atoms with E-state index in [2.05, 4.69) is 25.7 Å². The molecule has 0 spiro atoms. The van der Waals surface area contributed by atoms with Gasteiger partial charge in [0.1, 0.15) is 5.76 Å². The summed E-state index contributed by atoms with van der Waals surface area (Å²) in [5.74, 6) is 1.02. The fourth-order valence-electron chi connectivity index (χ4n) is 1.19. The van der Waals surface area contributed by atoms with Crippen molar-refractivity contribution in [3.05, 3.63) is 36.3 Å². The molecule has 0 fully saturated rings. The number of aryl methyl sites for hydroxylation is 1. The molecule has 0 bridgehead atoms. The van der Waals surface area contributed by atoms with Gasteiger partial charge in [0.2, 0.25) is 0 Å². The van der Waals surface area contributed by atoms with Gasteiger partial charge in [-0.1, -0.05) is 6.08 Å². The Bertz CT molecular complexity index is 265. The third-order valence-corrected chi connectivity index (χ3v) is 2.10. The number of rotatable bonds is 5. The lowest BCUT2D eigenvalue weighted by Gasteiger charge is -2.10. The molecule has 1 rings (SSSR count). The van der Waals surface area contributed by atoms with Crippen molar-refractivity contribution in [1.82, 2.24) is 5.32 Å². The Kier molecular flexibility index (Phi) is 3.77. The van der Waals surface area contributed by atoms with Crippen molar-refractivity contribution in [3.8, 4) is 0 Å². The molecule has 0 radical (unpaired) electrons. The zero-order valence-electron chi connectivity index (χ0n) is 8.34. The Balaban J connectivity index is 2.34. The quantitative estimate of drug-likeness (QED) is 0.703. The van der Waals surface area contributed by atoms with E-state index in [-0.39, 0.29) is 0 Å². The summed E-state index contributed by atoms with van der Waals surface area (Å²) in [5.41, 5.74) is 1.21. The summed E-state index contributed by atoms with van der Waals surface area (Å²) in [6.07, 6.45) is 4.64. The molecule has 1 N–H and O–H groups in total. The Hall–Kier alpha value is -1.02. The van der Waals surface area contributed by atoms with E-state index in [0.29, 0.717) is 6.04 Å². The fourth-order valence-corrected chi connectivity index (χ4v) is 1.19. The van der Waals surface area contributed by atoms with Gasteiger partial charge in [0.25, 0.3) is 0 Å². The monoisotopic (exact) mass is 179 g/mol. The Labute approximate surface area is 79.6 Å². The largest absolute Gasteiger partial charge is 0.468 e. The SMILES string of the molecule is C=CCC(C)NCc1occc1C. The molecule has 1 aromatic rings. The van der Waals surface area contributed by atoms with Gasteiger partial charge in [-0.2, -0.15) is 0 Å². The highest BCUT2D eigenvalue weighted by Gasteiger charge is 2.03. The minimum atomic E-state index is 0.460. The van der Waals surface area contributed by atoms with Crippen LogP contribution in [0.4, 0.5) is 0 Å². The first-order valence-electron chi connectivity index (χ1n) is 4.61. The van der Waals surface area contributed by atoms with Crippen molar-refractivity contribution in [2.24, 2.45) is 0 Å². The molecule has 0 aliphatic carbocycles. The van der Waals surface area contributed by atoms with Gasteiger partial charge in [0.15, 0.2) is 0 Å². The third-order valence-electron chi connectivity index (χ3n) is 2.10. The number of nitrogens with one attached hydrogen (secondary N) is 1. The molecule has 0 aromatic carbocycles. The Morgan fingerprint density at radius 3 is 3.00 bits per heavy atom. The summed E-state index contributed by atoms with van der Waals surface area (Å²) < 4.78 is 5.30. The van der Waals surface area contributed by atoms with Gasteiger partial charge in [-0.3, -0.25) is 0 Å². The molecule has 0 saturated carbocycles. The smallest absolute Gasteiger partial charge is 0.120 e. The van der Waals surface area contributed by atoms with Crippen LogP contribution in [-0.2, 0) is 6.54 Å². The topological polar surface area (TPSA) is 25.2 Å². The lowest BCUT2D eigenvalue weighted by Crippen LogP contribution is -2.24. The molecule has 1 aromatic heterocycles. The molecule has 0 aliphatic heterocycles. The Morgan fingerprint density at radius 2 is 2.46 bits per heavy atom.